The first-order chi connectivity index (χ1) is 18.0. The van der Waals surface area contributed by atoms with E-state index in [-0.39, 0.29) is 0 Å². The molecule has 1 aliphatic heterocycles. The van der Waals surface area contributed by atoms with E-state index in [2.05, 4.69) is 92.2 Å². The first kappa shape index (κ1) is 24.7. The van der Waals surface area contributed by atoms with Gasteiger partial charge in [0.1, 0.15) is 11.5 Å². The molecule has 0 atom stereocenters. The Hall–Kier alpha value is -3.95. The zero-order chi connectivity index (χ0) is 25.8. The number of hydrogen-bond acceptors (Lipinski definition) is 8. The molecule has 4 aromatic rings. The zero-order valence-corrected chi connectivity index (χ0v) is 21.7. The van der Waals surface area contributed by atoms with Crippen LogP contribution in [0.25, 0.3) is 27.7 Å². The lowest BCUT2D eigenvalue weighted by Gasteiger charge is -2.28. The summed E-state index contributed by atoms with van der Waals surface area (Å²) in [5, 5.41) is 12.0. The number of hydrogen-bond donors (Lipinski definition) is 2. The number of fused-ring (bicyclic) bond motifs is 1. The lowest BCUT2D eigenvalue weighted by molar-refractivity contribution is 0.122. The van der Waals surface area contributed by atoms with Crippen LogP contribution in [0.3, 0.4) is 0 Å². The van der Waals surface area contributed by atoms with Crippen LogP contribution >= 0.6 is 0 Å². The molecule has 37 heavy (non-hydrogen) atoms. The summed E-state index contributed by atoms with van der Waals surface area (Å²) in [5.41, 5.74) is 6.56. The van der Waals surface area contributed by atoms with E-state index in [0.29, 0.717) is 5.70 Å². The number of nitrogens with zero attached hydrogens (tertiary/aromatic N) is 6. The summed E-state index contributed by atoms with van der Waals surface area (Å²) in [5.74, 6) is 0.931. The normalized spacial score (nSPS) is 13.8. The minimum absolute atomic E-state index is 0.708. The minimum Gasteiger partial charge on any atom is -0.378 e. The molecule has 1 fully saturated rings. The molecule has 1 aromatic carbocycles. The van der Waals surface area contributed by atoms with E-state index in [1.54, 1.807) is 0 Å². The summed E-state index contributed by atoms with van der Waals surface area (Å²) < 4.78 is 5.49. The van der Waals surface area contributed by atoms with Gasteiger partial charge in [0.25, 0.3) is 0 Å². The summed E-state index contributed by atoms with van der Waals surface area (Å²) in [6.07, 6.45) is 5.65. The van der Waals surface area contributed by atoms with Gasteiger partial charge in [0.2, 0.25) is 0 Å². The lowest BCUT2D eigenvalue weighted by atomic mass is 10.0. The van der Waals surface area contributed by atoms with E-state index in [9.17, 15) is 0 Å². The first-order valence-corrected chi connectivity index (χ1v) is 12.5. The molecule has 5 rings (SSSR count). The van der Waals surface area contributed by atoms with E-state index in [0.717, 1.165) is 84.3 Å². The van der Waals surface area contributed by atoms with Crippen LogP contribution in [0.2, 0.25) is 0 Å². The van der Waals surface area contributed by atoms with Gasteiger partial charge >= 0.3 is 0 Å². The van der Waals surface area contributed by atoms with Gasteiger partial charge in [-0.25, -0.2) is 4.98 Å². The third-order valence-corrected chi connectivity index (χ3v) is 6.60. The van der Waals surface area contributed by atoms with Gasteiger partial charge in [0.15, 0.2) is 0 Å². The van der Waals surface area contributed by atoms with Crippen molar-refractivity contribution in [2.75, 3.05) is 75.7 Å². The first-order valence-electron chi connectivity index (χ1n) is 12.5. The fraction of sp³-hybridized carbons (Fsp3) is 0.321. The van der Waals surface area contributed by atoms with Crippen molar-refractivity contribution in [3.8, 4) is 11.1 Å². The molecule has 4 heterocycles. The predicted molar refractivity (Wildman–Crippen MR) is 151 cm³/mol. The second-order valence-electron chi connectivity index (χ2n) is 9.60. The van der Waals surface area contributed by atoms with E-state index >= 15 is 0 Å². The number of benzene rings is 1. The molecule has 1 aliphatic rings. The summed E-state index contributed by atoms with van der Waals surface area (Å²) in [4.78, 5) is 15.7. The summed E-state index contributed by atoms with van der Waals surface area (Å²) >= 11 is 0. The van der Waals surface area contributed by atoms with Crippen LogP contribution in [-0.2, 0) is 4.74 Å². The number of aromatic amines is 1. The molecule has 0 unspecified atom stereocenters. The van der Waals surface area contributed by atoms with Crippen molar-refractivity contribution in [1.29, 1.82) is 0 Å². The molecule has 0 aliphatic carbocycles. The van der Waals surface area contributed by atoms with Gasteiger partial charge < -0.3 is 24.8 Å². The van der Waals surface area contributed by atoms with E-state index in [1.807, 2.05) is 30.7 Å². The Balaban J connectivity index is 1.33. The van der Waals surface area contributed by atoms with Crippen molar-refractivity contribution < 1.29 is 4.74 Å². The van der Waals surface area contributed by atoms with Gasteiger partial charge in [-0.15, -0.1) is 0 Å². The van der Waals surface area contributed by atoms with Crippen LogP contribution < -0.4 is 15.1 Å². The molecular weight excluding hydrogens is 464 g/mol. The highest BCUT2D eigenvalue weighted by atomic mass is 16.5. The van der Waals surface area contributed by atoms with E-state index in [1.165, 1.54) is 0 Å². The molecule has 0 spiro atoms. The number of pyridine rings is 2. The number of nitrogens with one attached hydrogen (secondary N) is 2. The van der Waals surface area contributed by atoms with Crippen LogP contribution in [0.5, 0.6) is 0 Å². The lowest BCUT2D eigenvalue weighted by Crippen LogP contribution is -2.36. The van der Waals surface area contributed by atoms with Gasteiger partial charge in [0, 0.05) is 50.4 Å². The number of rotatable bonds is 9. The van der Waals surface area contributed by atoms with Crippen LogP contribution in [0.4, 0.5) is 17.2 Å². The average molecular weight is 499 g/mol. The van der Waals surface area contributed by atoms with Gasteiger partial charge in [-0.2, -0.15) is 5.10 Å². The summed E-state index contributed by atoms with van der Waals surface area (Å²) in [7, 11) is 6.19. The smallest absolute Gasteiger partial charge is 0.128 e. The monoisotopic (exact) mass is 498 g/mol. The SMILES string of the molecule is C=C(Nc1ccc(N(C)CCN(C)C)nc1)c1n[nH]c2ccc(-c3cncc(N4CCOCC4)c3)cc12. The van der Waals surface area contributed by atoms with Crippen molar-refractivity contribution in [2.24, 2.45) is 0 Å². The van der Waals surface area contributed by atoms with Crippen molar-refractivity contribution >= 4 is 33.8 Å². The molecule has 3 aromatic heterocycles. The number of H-pyrrole nitrogens is 1. The Morgan fingerprint density at radius 3 is 2.62 bits per heavy atom. The van der Waals surface area contributed by atoms with Crippen LogP contribution in [0.1, 0.15) is 5.69 Å². The second kappa shape index (κ2) is 11.0. The molecule has 0 radical (unpaired) electrons. The van der Waals surface area contributed by atoms with Gasteiger partial charge in [0.05, 0.1) is 48.2 Å². The van der Waals surface area contributed by atoms with Crippen LogP contribution in [0.15, 0.2) is 61.6 Å². The third-order valence-electron chi connectivity index (χ3n) is 6.60. The van der Waals surface area contributed by atoms with Crippen molar-refractivity contribution in [1.82, 2.24) is 25.1 Å². The average Bonchev–Trinajstić information content (AvgIpc) is 3.36. The third kappa shape index (κ3) is 5.73. The maximum absolute atomic E-state index is 5.49. The van der Waals surface area contributed by atoms with Gasteiger partial charge in [-0.05, 0) is 50.0 Å². The molecular formula is C28H34N8O. The molecule has 192 valence electrons. The highest BCUT2D eigenvalue weighted by Crippen LogP contribution is 2.30. The van der Waals surface area contributed by atoms with Gasteiger partial charge in [-0.1, -0.05) is 12.6 Å². The molecule has 1 saturated heterocycles. The Morgan fingerprint density at radius 1 is 1.03 bits per heavy atom. The van der Waals surface area contributed by atoms with Crippen molar-refractivity contribution in [3.05, 3.63) is 67.3 Å². The number of ether oxygens (including phenoxy) is 1. The molecule has 9 nitrogen and oxygen atoms in total. The summed E-state index contributed by atoms with van der Waals surface area (Å²) in [6.45, 7) is 9.38. The molecule has 0 bridgehead atoms. The standard InChI is InChI=1S/C28H34N8O/c1-20(31-23-6-8-27(30-18-23)35(4)10-9-34(2)3)28-25-16-21(5-7-26(25)32-33-28)22-15-24(19-29-17-22)36-11-13-37-14-12-36/h5-8,15-19,31H,1,9-14H2,2-4H3,(H,32,33). The summed E-state index contributed by atoms with van der Waals surface area (Å²) in [6, 6.07) is 12.5. The fourth-order valence-corrected chi connectivity index (χ4v) is 4.39. The van der Waals surface area contributed by atoms with E-state index in [4.69, 9.17) is 4.74 Å². The second-order valence-corrected chi connectivity index (χ2v) is 9.60. The largest absolute Gasteiger partial charge is 0.378 e. The Bertz CT molecular complexity index is 1360. The topological polar surface area (TPSA) is 85.4 Å². The highest BCUT2D eigenvalue weighted by molar-refractivity contribution is 5.95. The van der Waals surface area contributed by atoms with Crippen molar-refractivity contribution in [3.63, 3.8) is 0 Å². The minimum atomic E-state index is 0.708. The van der Waals surface area contributed by atoms with Crippen molar-refractivity contribution in [2.45, 2.75) is 0 Å². The Morgan fingerprint density at radius 2 is 1.86 bits per heavy atom. The quantitative estimate of drug-likeness (QED) is 0.359. The Labute approximate surface area is 217 Å². The Kier molecular flexibility index (Phi) is 7.34. The number of anilines is 3. The molecule has 0 amide bonds. The van der Waals surface area contributed by atoms with E-state index < -0.39 is 0 Å². The maximum atomic E-state index is 5.49. The van der Waals surface area contributed by atoms with Crippen LogP contribution in [0, 0.1) is 0 Å². The molecule has 9 heteroatoms. The maximum Gasteiger partial charge on any atom is 0.128 e. The highest BCUT2D eigenvalue weighted by Gasteiger charge is 2.14. The molecule has 2 N–H and O–H groups in total. The number of morpholine rings is 1. The molecule has 0 saturated carbocycles. The fourth-order valence-electron chi connectivity index (χ4n) is 4.39. The number of likely N-dealkylation sites (N-methyl/N-ethyl adjacent to an activating group) is 2. The van der Waals surface area contributed by atoms with Crippen LogP contribution in [-0.4, -0.2) is 85.6 Å². The predicted octanol–water partition coefficient (Wildman–Crippen LogP) is 3.94. The number of aromatic nitrogens is 4. The zero-order valence-electron chi connectivity index (χ0n) is 21.7. The van der Waals surface area contributed by atoms with Gasteiger partial charge in [-0.3, -0.25) is 10.1 Å².